The summed E-state index contributed by atoms with van der Waals surface area (Å²) in [6.45, 7) is 5.76. The molecule has 3 N–H and O–H groups in total. The molecule has 0 aliphatic heterocycles. The number of hydrogen-bond donors (Lipinski definition) is 3. The van der Waals surface area contributed by atoms with Crippen molar-refractivity contribution in [3.05, 3.63) is 65.7 Å². The molecule has 3 rings (SSSR count). The number of amides is 2. The summed E-state index contributed by atoms with van der Waals surface area (Å²) in [7, 11) is 0. The maximum absolute atomic E-state index is 12.7. The van der Waals surface area contributed by atoms with Crippen LogP contribution < -0.4 is 10.6 Å². The van der Waals surface area contributed by atoms with E-state index in [4.69, 9.17) is 0 Å². The van der Waals surface area contributed by atoms with Crippen molar-refractivity contribution >= 4 is 40.9 Å². The minimum Gasteiger partial charge on any atom is -0.481 e. The molecule has 0 saturated heterocycles. The highest BCUT2D eigenvalue weighted by Crippen LogP contribution is 2.30. The Labute approximate surface area is 192 Å². The van der Waals surface area contributed by atoms with Gasteiger partial charge in [0, 0.05) is 16.3 Å². The Kier molecular flexibility index (Phi) is 7.75. The summed E-state index contributed by atoms with van der Waals surface area (Å²) in [5.74, 6) is -2.67. The van der Waals surface area contributed by atoms with E-state index in [9.17, 15) is 19.5 Å². The first-order valence-corrected chi connectivity index (χ1v) is 11.5. The first-order valence-electron chi connectivity index (χ1n) is 10.6. The van der Waals surface area contributed by atoms with Crippen LogP contribution in [0, 0.1) is 25.7 Å². The number of para-hydroxylation sites is 1. The average Bonchev–Trinajstić information content (AvgIpc) is 2.76. The van der Waals surface area contributed by atoms with Crippen LogP contribution in [0.4, 0.5) is 11.4 Å². The lowest BCUT2D eigenvalue weighted by molar-refractivity contribution is -0.146. The smallest absolute Gasteiger partial charge is 0.307 e. The van der Waals surface area contributed by atoms with Crippen LogP contribution in [0.15, 0.2) is 59.5 Å². The zero-order valence-electron chi connectivity index (χ0n) is 18.4. The summed E-state index contributed by atoms with van der Waals surface area (Å²) in [5.41, 5.74) is 3.44. The molecule has 168 valence electrons. The minimum absolute atomic E-state index is 0.0971. The van der Waals surface area contributed by atoms with E-state index in [1.807, 2.05) is 63.3 Å². The SMILES string of the molecule is Cc1cccc(C)c1NC(=O)C(C)Sc1cccc(NC(=O)C2CC=CCC2C(=O)O)c1. The molecular weight excluding hydrogens is 424 g/mol. The molecule has 3 atom stereocenters. The van der Waals surface area contributed by atoms with Crippen molar-refractivity contribution in [2.45, 2.75) is 43.8 Å². The predicted octanol–water partition coefficient (Wildman–Crippen LogP) is 5.03. The number of carboxylic acids is 1. The molecule has 6 nitrogen and oxygen atoms in total. The molecule has 0 bridgehead atoms. The Balaban J connectivity index is 1.64. The topological polar surface area (TPSA) is 95.5 Å². The molecule has 7 heteroatoms. The van der Waals surface area contributed by atoms with Gasteiger partial charge in [-0.2, -0.15) is 0 Å². The predicted molar refractivity (Wildman–Crippen MR) is 128 cm³/mol. The van der Waals surface area contributed by atoms with Gasteiger partial charge in [0.2, 0.25) is 11.8 Å². The quantitative estimate of drug-likeness (QED) is 0.405. The molecule has 0 spiro atoms. The minimum atomic E-state index is -0.956. The number of rotatable bonds is 7. The van der Waals surface area contributed by atoms with Gasteiger partial charge in [0.1, 0.15) is 0 Å². The number of allylic oxidation sites excluding steroid dienone is 2. The van der Waals surface area contributed by atoms with E-state index >= 15 is 0 Å². The monoisotopic (exact) mass is 452 g/mol. The Hall–Kier alpha value is -3.06. The van der Waals surface area contributed by atoms with Gasteiger partial charge in [-0.15, -0.1) is 11.8 Å². The second-order valence-corrected chi connectivity index (χ2v) is 9.44. The van der Waals surface area contributed by atoms with Gasteiger partial charge in [-0.1, -0.05) is 36.4 Å². The first kappa shape index (κ1) is 23.6. The van der Waals surface area contributed by atoms with Crippen LogP contribution in [-0.2, 0) is 14.4 Å². The van der Waals surface area contributed by atoms with Gasteiger partial charge in [0.25, 0.3) is 0 Å². The third kappa shape index (κ3) is 5.79. The Morgan fingerprint density at radius 2 is 1.59 bits per heavy atom. The van der Waals surface area contributed by atoms with Crippen LogP contribution in [-0.4, -0.2) is 28.1 Å². The highest BCUT2D eigenvalue weighted by Gasteiger charge is 2.34. The van der Waals surface area contributed by atoms with Gasteiger partial charge in [0.15, 0.2) is 0 Å². The summed E-state index contributed by atoms with van der Waals surface area (Å²) < 4.78 is 0. The Bertz CT molecular complexity index is 1030. The first-order chi connectivity index (χ1) is 15.3. The van der Waals surface area contributed by atoms with Gasteiger partial charge >= 0.3 is 5.97 Å². The fourth-order valence-corrected chi connectivity index (χ4v) is 4.68. The molecule has 0 aromatic heterocycles. The van der Waals surface area contributed by atoms with E-state index in [-0.39, 0.29) is 17.1 Å². The Morgan fingerprint density at radius 3 is 2.25 bits per heavy atom. The average molecular weight is 453 g/mol. The van der Waals surface area contributed by atoms with E-state index < -0.39 is 17.8 Å². The largest absolute Gasteiger partial charge is 0.481 e. The zero-order valence-corrected chi connectivity index (χ0v) is 19.2. The lowest BCUT2D eigenvalue weighted by Crippen LogP contribution is -2.34. The van der Waals surface area contributed by atoms with Crippen LogP contribution in [0.3, 0.4) is 0 Å². The number of aryl methyl sites for hydroxylation is 2. The molecule has 3 unspecified atom stereocenters. The zero-order chi connectivity index (χ0) is 23.3. The highest BCUT2D eigenvalue weighted by atomic mass is 32.2. The second-order valence-electron chi connectivity index (χ2n) is 8.03. The molecule has 0 radical (unpaired) electrons. The summed E-state index contributed by atoms with van der Waals surface area (Å²) in [4.78, 5) is 37.8. The van der Waals surface area contributed by atoms with Crippen LogP contribution in [0.5, 0.6) is 0 Å². The van der Waals surface area contributed by atoms with Gasteiger partial charge in [-0.25, -0.2) is 0 Å². The lowest BCUT2D eigenvalue weighted by atomic mass is 9.82. The fourth-order valence-electron chi connectivity index (χ4n) is 3.75. The van der Waals surface area contributed by atoms with Crippen LogP contribution in [0.1, 0.15) is 30.9 Å². The fraction of sp³-hybridized carbons (Fsp3) is 0.320. The number of carbonyl (C=O) groups excluding carboxylic acids is 2. The number of hydrogen-bond acceptors (Lipinski definition) is 4. The van der Waals surface area contributed by atoms with Crippen LogP contribution in [0.25, 0.3) is 0 Å². The van der Waals surface area contributed by atoms with Crippen LogP contribution >= 0.6 is 11.8 Å². The molecule has 1 aliphatic rings. The van der Waals surface area contributed by atoms with Crippen molar-refractivity contribution in [3.8, 4) is 0 Å². The second kappa shape index (κ2) is 10.5. The summed E-state index contributed by atoms with van der Waals surface area (Å²) in [6, 6.07) is 13.1. The van der Waals surface area contributed by atoms with E-state index in [0.29, 0.717) is 18.5 Å². The molecule has 0 saturated carbocycles. The number of carbonyl (C=O) groups is 3. The maximum atomic E-state index is 12.7. The van der Waals surface area contributed by atoms with Crippen molar-refractivity contribution in [2.24, 2.45) is 11.8 Å². The molecule has 32 heavy (non-hydrogen) atoms. The highest BCUT2D eigenvalue weighted by molar-refractivity contribution is 8.00. The summed E-state index contributed by atoms with van der Waals surface area (Å²) >= 11 is 1.40. The van der Waals surface area contributed by atoms with E-state index in [1.165, 1.54) is 11.8 Å². The van der Waals surface area contributed by atoms with Crippen molar-refractivity contribution in [1.82, 2.24) is 0 Å². The molecule has 2 amide bonds. The van der Waals surface area contributed by atoms with Crippen molar-refractivity contribution < 1.29 is 19.5 Å². The number of nitrogens with one attached hydrogen (secondary N) is 2. The molecule has 0 heterocycles. The number of benzene rings is 2. The van der Waals surface area contributed by atoms with Gasteiger partial charge in [-0.05, 0) is 62.9 Å². The normalized spacial score (nSPS) is 18.6. The van der Waals surface area contributed by atoms with Crippen LogP contribution in [0.2, 0.25) is 0 Å². The van der Waals surface area contributed by atoms with Crippen molar-refractivity contribution in [2.75, 3.05) is 10.6 Å². The third-order valence-electron chi connectivity index (χ3n) is 5.60. The summed E-state index contributed by atoms with van der Waals surface area (Å²) in [5, 5.41) is 14.9. The van der Waals surface area contributed by atoms with E-state index in [1.54, 1.807) is 12.1 Å². The molecule has 2 aromatic rings. The molecular formula is C25H28N2O4S. The van der Waals surface area contributed by atoms with E-state index in [2.05, 4.69) is 10.6 Å². The van der Waals surface area contributed by atoms with Gasteiger partial charge < -0.3 is 15.7 Å². The van der Waals surface area contributed by atoms with Gasteiger partial charge in [-0.3, -0.25) is 14.4 Å². The third-order valence-corrected chi connectivity index (χ3v) is 6.69. The number of aliphatic carboxylic acids is 1. The number of carboxylic acid groups (broad SMARTS) is 1. The number of thioether (sulfide) groups is 1. The molecule has 2 aromatic carbocycles. The summed E-state index contributed by atoms with van der Waals surface area (Å²) in [6.07, 6.45) is 4.43. The molecule has 1 aliphatic carbocycles. The number of anilines is 2. The Morgan fingerprint density at radius 1 is 0.969 bits per heavy atom. The van der Waals surface area contributed by atoms with Crippen molar-refractivity contribution in [3.63, 3.8) is 0 Å². The maximum Gasteiger partial charge on any atom is 0.307 e. The van der Waals surface area contributed by atoms with E-state index in [0.717, 1.165) is 21.7 Å². The van der Waals surface area contributed by atoms with Gasteiger partial charge in [0.05, 0.1) is 17.1 Å². The molecule has 0 fully saturated rings. The standard InChI is InChI=1S/C25H28N2O4S/c1-15-8-6-9-16(2)22(15)27-23(28)17(3)32-19-11-7-10-18(14-19)26-24(29)20-12-4-5-13-21(20)25(30)31/h4-11,14,17,20-21H,12-13H2,1-3H3,(H,26,29)(H,27,28)(H,30,31). The lowest BCUT2D eigenvalue weighted by Gasteiger charge is -2.24. The van der Waals surface area contributed by atoms with Crippen molar-refractivity contribution in [1.29, 1.82) is 0 Å².